The lowest BCUT2D eigenvalue weighted by Crippen LogP contribution is -1.88. The van der Waals surface area contributed by atoms with Crippen molar-refractivity contribution in [2.45, 2.75) is 6.92 Å². The molecule has 2 N–H and O–H groups in total. The Morgan fingerprint density at radius 1 is 1.42 bits per heavy atom. The van der Waals surface area contributed by atoms with Crippen molar-refractivity contribution in [2.24, 2.45) is 0 Å². The average molecular weight is 233 g/mol. The monoisotopic (exact) mass is 232 g/mol. The number of halogens is 1. The smallest absolute Gasteiger partial charge is 0.172 e. The van der Waals surface area contributed by atoms with Crippen molar-refractivity contribution in [1.29, 1.82) is 0 Å². The van der Waals surface area contributed by atoms with Gasteiger partial charge in [0.05, 0.1) is 11.6 Å². The molecule has 0 bridgehead atoms. The van der Waals surface area contributed by atoms with Crippen LogP contribution < -0.4 is 4.74 Å². The quantitative estimate of drug-likeness (QED) is 0.731. The highest BCUT2D eigenvalue weighted by Gasteiger charge is 2.11. The first kappa shape index (κ1) is 9.19. The summed E-state index contributed by atoms with van der Waals surface area (Å²) in [5, 5.41) is 18.4. The third-order valence-electron chi connectivity index (χ3n) is 1.64. The third-order valence-corrected chi connectivity index (χ3v) is 2.61. The molecule has 0 aliphatic carbocycles. The molecule has 0 unspecified atom stereocenters. The lowest BCUT2D eigenvalue weighted by atomic mass is 10.2. The standard InChI is InChI=1S/C8H9BrO3/c1-4-6(12-2)3-5(10)8(11)7(4)9/h3,10-11H,1-2H3. The van der Waals surface area contributed by atoms with Crippen LogP contribution in [0, 0.1) is 6.92 Å². The Kier molecular flexibility index (Phi) is 2.47. The summed E-state index contributed by atoms with van der Waals surface area (Å²) in [5.41, 5.74) is 0.757. The van der Waals surface area contributed by atoms with Crippen molar-refractivity contribution in [3.8, 4) is 17.2 Å². The van der Waals surface area contributed by atoms with Crippen molar-refractivity contribution >= 4 is 15.9 Å². The minimum absolute atomic E-state index is 0.159. The molecule has 1 aromatic carbocycles. The second-order valence-corrected chi connectivity index (χ2v) is 3.18. The van der Waals surface area contributed by atoms with Crippen LogP contribution in [-0.2, 0) is 0 Å². The fourth-order valence-electron chi connectivity index (χ4n) is 0.911. The molecule has 0 saturated carbocycles. The van der Waals surface area contributed by atoms with E-state index in [1.807, 2.05) is 0 Å². The molecule has 12 heavy (non-hydrogen) atoms. The van der Waals surface area contributed by atoms with Crippen LogP contribution in [-0.4, -0.2) is 17.3 Å². The van der Waals surface area contributed by atoms with Gasteiger partial charge in [0, 0.05) is 11.6 Å². The first-order chi connectivity index (χ1) is 5.57. The van der Waals surface area contributed by atoms with E-state index >= 15 is 0 Å². The van der Waals surface area contributed by atoms with Crippen molar-refractivity contribution in [2.75, 3.05) is 7.11 Å². The molecule has 0 radical (unpaired) electrons. The molecule has 0 heterocycles. The number of rotatable bonds is 1. The van der Waals surface area contributed by atoms with Gasteiger partial charge in [-0.15, -0.1) is 0 Å². The van der Waals surface area contributed by atoms with E-state index in [2.05, 4.69) is 15.9 Å². The Bertz CT molecular complexity index is 310. The molecular formula is C8H9BrO3. The summed E-state index contributed by atoms with van der Waals surface area (Å²) >= 11 is 3.13. The lowest BCUT2D eigenvalue weighted by Gasteiger charge is -2.08. The maximum absolute atomic E-state index is 9.25. The molecule has 0 atom stereocenters. The minimum Gasteiger partial charge on any atom is -0.504 e. The molecule has 0 amide bonds. The topological polar surface area (TPSA) is 49.7 Å². The van der Waals surface area contributed by atoms with E-state index in [4.69, 9.17) is 4.74 Å². The highest BCUT2D eigenvalue weighted by atomic mass is 79.9. The van der Waals surface area contributed by atoms with E-state index in [0.29, 0.717) is 10.2 Å². The van der Waals surface area contributed by atoms with E-state index in [9.17, 15) is 10.2 Å². The van der Waals surface area contributed by atoms with Crippen LogP contribution in [0.5, 0.6) is 17.2 Å². The number of phenolic OH excluding ortho intramolecular Hbond substituents is 2. The van der Waals surface area contributed by atoms with Crippen LogP contribution in [0.3, 0.4) is 0 Å². The summed E-state index contributed by atoms with van der Waals surface area (Å²) in [4.78, 5) is 0. The second-order valence-electron chi connectivity index (χ2n) is 2.39. The summed E-state index contributed by atoms with van der Waals surface area (Å²) in [6, 6.07) is 1.37. The van der Waals surface area contributed by atoms with Crippen LogP contribution in [0.25, 0.3) is 0 Å². The zero-order valence-electron chi connectivity index (χ0n) is 6.76. The van der Waals surface area contributed by atoms with Gasteiger partial charge in [0.25, 0.3) is 0 Å². The highest BCUT2D eigenvalue weighted by molar-refractivity contribution is 9.10. The normalized spacial score (nSPS) is 9.92. The number of hydrogen-bond acceptors (Lipinski definition) is 3. The zero-order chi connectivity index (χ0) is 9.30. The first-order valence-corrected chi connectivity index (χ1v) is 4.12. The number of methoxy groups -OCH3 is 1. The third kappa shape index (κ3) is 1.34. The highest BCUT2D eigenvalue weighted by Crippen LogP contribution is 2.40. The van der Waals surface area contributed by atoms with Crippen molar-refractivity contribution in [3.05, 3.63) is 16.1 Å². The van der Waals surface area contributed by atoms with Gasteiger partial charge in [-0.2, -0.15) is 0 Å². The molecule has 0 fully saturated rings. The maximum Gasteiger partial charge on any atom is 0.172 e. The molecule has 3 nitrogen and oxygen atoms in total. The number of phenols is 2. The van der Waals surface area contributed by atoms with Gasteiger partial charge in [-0.1, -0.05) is 0 Å². The molecule has 0 aliphatic heterocycles. The van der Waals surface area contributed by atoms with Gasteiger partial charge in [-0.25, -0.2) is 0 Å². The molecule has 0 aromatic heterocycles. The van der Waals surface area contributed by atoms with Crippen molar-refractivity contribution in [3.63, 3.8) is 0 Å². The van der Waals surface area contributed by atoms with E-state index in [-0.39, 0.29) is 11.5 Å². The van der Waals surface area contributed by atoms with Crippen LogP contribution in [0.4, 0.5) is 0 Å². The lowest BCUT2D eigenvalue weighted by molar-refractivity contribution is 0.382. The van der Waals surface area contributed by atoms with E-state index in [1.165, 1.54) is 13.2 Å². The summed E-state index contributed by atoms with van der Waals surface area (Å²) in [5.74, 6) is 0.190. The summed E-state index contributed by atoms with van der Waals surface area (Å²) in [6.07, 6.45) is 0. The fourth-order valence-corrected chi connectivity index (χ4v) is 1.31. The number of ether oxygens (including phenoxy) is 1. The predicted molar refractivity (Wildman–Crippen MR) is 48.8 cm³/mol. The number of aromatic hydroxyl groups is 2. The molecular weight excluding hydrogens is 224 g/mol. The Hall–Kier alpha value is -0.900. The summed E-state index contributed by atoms with van der Waals surface area (Å²) < 4.78 is 5.42. The molecule has 0 spiro atoms. The van der Waals surface area contributed by atoms with Crippen LogP contribution in [0.2, 0.25) is 0 Å². The van der Waals surface area contributed by atoms with Gasteiger partial charge in [0.1, 0.15) is 5.75 Å². The predicted octanol–water partition coefficient (Wildman–Crippen LogP) is 2.18. The van der Waals surface area contributed by atoms with Crippen molar-refractivity contribution in [1.82, 2.24) is 0 Å². The molecule has 0 aliphatic rings. The average Bonchev–Trinajstić information content (AvgIpc) is 2.08. The van der Waals surface area contributed by atoms with Crippen LogP contribution in [0.1, 0.15) is 5.56 Å². The van der Waals surface area contributed by atoms with Crippen molar-refractivity contribution < 1.29 is 14.9 Å². The van der Waals surface area contributed by atoms with Crippen LogP contribution in [0.15, 0.2) is 10.5 Å². The van der Waals surface area contributed by atoms with Gasteiger partial charge < -0.3 is 14.9 Å². The van der Waals surface area contributed by atoms with Gasteiger partial charge in [-0.3, -0.25) is 0 Å². The largest absolute Gasteiger partial charge is 0.504 e. The van der Waals surface area contributed by atoms with Gasteiger partial charge >= 0.3 is 0 Å². The second kappa shape index (κ2) is 3.23. The molecule has 0 saturated heterocycles. The first-order valence-electron chi connectivity index (χ1n) is 3.33. The number of hydrogen-bond donors (Lipinski definition) is 2. The van der Waals surface area contributed by atoms with Crippen LogP contribution >= 0.6 is 15.9 Å². The summed E-state index contributed by atoms with van der Waals surface area (Å²) in [7, 11) is 1.51. The molecule has 1 rings (SSSR count). The zero-order valence-corrected chi connectivity index (χ0v) is 8.34. The van der Waals surface area contributed by atoms with Gasteiger partial charge in [0.2, 0.25) is 0 Å². The Morgan fingerprint density at radius 3 is 2.50 bits per heavy atom. The fraction of sp³-hybridized carbons (Fsp3) is 0.250. The maximum atomic E-state index is 9.25. The SMILES string of the molecule is COc1cc(O)c(O)c(Br)c1C. The minimum atomic E-state index is -0.190. The molecule has 1 aromatic rings. The van der Waals surface area contributed by atoms with E-state index < -0.39 is 0 Å². The molecule has 66 valence electrons. The van der Waals surface area contributed by atoms with Gasteiger partial charge in [0.15, 0.2) is 11.5 Å². The Balaban J connectivity index is 3.39. The Morgan fingerprint density at radius 2 is 2.00 bits per heavy atom. The molecule has 4 heteroatoms. The van der Waals surface area contributed by atoms with E-state index in [0.717, 1.165) is 5.56 Å². The number of benzene rings is 1. The van der Waals surface area contributed by atoms with E-state index in [1.54, 1.807) is 6.92 Å². The van der Waals surface area contributed by atoms with Gasteiger partial charge in [-0.05, 0) is 22.9 Å². The Labute approximate surface area is 78.7 Å². The summed E-state index contributed by atoms with van der Waals surface area (Å²) in [6.45, 7) is 1.78.